The van der Waals surface area contributed by atoms with E-state index in [0.717, 1.165) is 29.3 Å². The van der Waals surface area contributed by atoms with Crippen LogP contribution in [0.25, 0.3) is 0 Å². The quantitative estimate of drug-likeness (QED) is 0.759. The number of aliphatic carboxylic acids is 1. The maximum atomic E-state index is 10.6. The number of methoxy groups -OCH3 is 1. The minimum Gasteiger partial charge on any atom is -0.497 e. The Hall–Kier alpha value is -2.08. The van der Waals surface area contributed by atoms with Gasteiger partial charge in [-0.2, -0.15) is 0 Å². The first-order valence-corrected chi connectivity index (χ1v) is 7.47. The summed E-state index contributed by atoms with van der Waals surface area (Å²) >= 11 is 1.50. The molecule has 112 valence electrons. The predicted molar refractivity (Wildman–Crippen MR) is 80.3 cm³/mol. The Labute approximate surface area is 127 Å². The first-order chi connectivity index (χ1) is 10.2. The molecule has 21 heavy (non-hydrogen) atoms. The number of carboxylic acids is 1. The van der Waals surface area contributed by atoms with Crippen LogP contribution in [-0.2, 0) is 17.6 Å². The molecule has 0 fully saturated rings. The average molecular weight is 307 g/mol. The zero-order valence-electron chi connectivity index (χ0n) is 11.7. The Balaban J connectivity index is 1.71. The molecule has 0 radical (unpaired) electrons. The van der Waals surface area contributed by atoms with Gasteiger partial charge in [0.2, 0.25) is 0 Å². The summed E-state index contributed by atoms with van der Waals surface area (Å²) in [4.78, 5) is 14.9. The van der Waals surface area contributed by atoms with E-state index in [0.29, 0.717) is 12.3 Å². The van der Waals surface area contributed by atoms with Crippen LogP contribution < -0.4 is 9.47 Å². The number of hydrogen-bond acceptors (Lipinski definition) is 5. The van der Waals surface area contributed by atoms with Gasteiger partial charge in [0.1, 0.15) is 11.5 Å². The molecule has 0 atom stereocenters. The van der Waals surface area contributed by atoms with E-state index in [1.165, 1.54) is 11.3 Å². The molecule has 0 amide bonds. The van der Waals surface area contributed by atoms with E-state index in [9.17, 15) is 4.79 Å². The molecule has 2 aromatic rings. The topological polar surface area (TPSA) is 68.7 Å². The molecule has 0 saturated carbocycles. The number of rotatable bonds is 8. The lowest BCUT2D eigenvalue weighted by atomic mass is 10.3. The second kappa shape index (κ2) is 7.64. The molecule has 0 aliphatic rings. The zero-order valence-corrected chi connectivity index (χ0v) is 12.6. The maximum absolute atomic E-state index is 10.6. The largest absolute Gasteiger partial charge is 0.497 e. The lowest BCUT2D eigenvalue weighted by Crippen LogP contribution is -2.01. The number of hydrogen-bond donors (Lipinski definition) is 1. The number of thiazole rings is 1. The molecule has 1 aromatic heterocycles. The SMILES string of the molecule is COc1ccc(OCCCc2nc(CC(=O)O)cs2)cc1. The third-order valence-corrected chi connectivity index (χ3v) is 3.75. The van der Waals surface area contributed by atoms with Gasteiger partial charge in [-0.05, 0) is 30.7 Å². The second-order valence-corrected chi connectivity index (χ2v) is 5.37. The molecule has 5 nitrogen and oxygen atoms in total. The highest BCUT2D eigenvalue weighted by Gasteiger charge is 2.06. The number of ether oxygens (including phenoxy) is 2. The fourth-order valence-corrected chi connectivity index (χ4v) is 2.63. The van der Waals surface area contributed by atoms with E-state index in [4.69, 9.17) is 14.6 Å². The van der Waals surface area contributed by atoms with Gasteiger partial charge in [-0.15, -0.1) is 11.3 Å². The molecule has 1 N–H and O–H groups in total. The van der Waals surface area contributed by atoms with Crippen LogP contribution in [0.2, 0.25) is 0 Å². The van der Waals surface area contributed by atoms with Crippen molar-refractivity contribution in [2.75, 3.05) is 13.7 Å². The summed E-state index contributed by atoms with van der Waals surface area (Å²) in [6, 6.07) is 7.45. The summed E-state index contributed by atoms with van der Waals surface area (Å²) in [7, 11) is 1.63. The van der Waals surface area contributed by atoms with Gasteiger partial charge in [-0.25, -0.2) is 4.98 Å². The van der Waals surface area contributed by atoms with Crippen LogP contribution in [0.15, 0.2) is 29.6 Å². The van der Waals surface area contributed by atoms with Crippen molar-refractivity contribution >= 4 is 17.3 Å². The van der Waals surface area contributed by atoms with E-state index >= 15 is 0 Å². The van der Waals surface area contributed by atoms with Crippen LogP contribution in [0.4, 0.5) is 0 Å². The normalized spacial score (nSPS) is 10.3. The van der Waals surface area contributed by atoms with Gasteiger partial charge in [0.15, 0.2) is 0 Å². The van der Waals surface area contributed by atoms with Crippen LogP contribution in [0, 0.1) is 0 Å². The summed E-state index contributed by atoms with van der Waals surface area (Å²) in [6.45, 7) is 0.597. The molecule has 0 saturated heterocycles. The van der Waals surface area contributed by atoms with Crippen molar-refractivity contribution in [3.05, 3.63) is 40.3 Å². The first kappa shape index (κ1) is 15.3. The summed E-state index contributed by atoms with van der Waals surface area (Å²) in [5.74, 6) is 0.757. The minimum absolute atomic E-state index is 0.0150. The molecular weight excluding hydrogens is 290 g/mol. The van der Waals surface area contributed by atoms with Gasteiger partial charge in [0.05, 0.1) is 30.8 Å². The first-order valence-electron chi connectivity index (χ1n) is 6.59. The van der Waals surface area contributed by atoms with Gasteiger partial charge in [0.25, 0.3) is 0 Å². The number of benzene rings is 1. The fourth-order valence-electron chi connectivity index (χ4n) is 1.79. The molecule has 0 unspecified atom stereocenters. The van der Waals surface area contributed by atoms with Crippen molar-refractivity contribution in [1.29, 1.82) is 0 Å². The summed E-state index contributed by atoms with van der Waals surface area (Å²) in [5, 5.41) is 11.4. The Morgan fingerprint density at radius 1 is 1.29 bits per heavy atom. The lowest BCUT2D eigenvalue weighted by Gasteiger charge is -2.06. The molecule has 1 aromatic carbocycles. The number of carbonyl (C=O) groups is 1. The standard InChI is InChI=1S/C15H17NO4S/c1-19-12-4-6-13(7-5-12)20-8-2-3-14-16-11(10-21-14)9-15(17)18/h4-7,10H,2-3,8-9H2,1H3,(H,17,18). The molecular formula is C15H17NO4S. The lowest BCUT2D eigenvalue weighted by molar-refractivity contribution is -0.136. The Bertz CT molecular complexity index is 580. The number of aromatic nitrogens is 1. The molecule has 1 heterocycles. The highest BCUT2D eigenvalue weighted by molar-refractivity contribution is 7.09. The Morgan fingerprint density at radius 3 is 2.67 bits per heavy atom. The van der Waals surface area contributed by atoms with Gasteiger partial charge in [-0.1, -0.05) is 0 Å². The highest BCUT2D eigenvalue weighted by atomic mass is 32.1. The molecule has 2 rings (SSSR count). The third kappa shape index (κ3) is 5.07. The Kier molecular flexibility index (Phi) is 5.57. The highest BCUT2D eigenvalue weighted by Crippen LogP contribution is 2.17. The van der Waals surface area contributed by atoms with Crippen LogP contribution in [0.5, 0.6) is 11.5 Å². The van der Waals surface area contributed by atoms with Gasteiger partial charge in [-0.3, -0.25) is 4.79 Å². The molecule has 0 bridgehead atoms. The molecule has 6 heteroatoms. The van der Waals surface area contributed by atoms with E-state index in [2.05, 4.69) is 4.98 Å². The van der Waals surface area contributed by atoms with Crippen molar-refractivity contribution in [2.24, 2.45) is 0 Å². The molecule has 0 spiro atoms. The van der Waals surface area contributed by atoms with Crippen molar-refractivity contribution < 1.29 is 19.4 Å². The average Bonchev–Trinajstić information content (AvgIpc) is 2.91. The van der Waals surface area contributed by atoms with Gasteiger partial charge < -0.3 is 14.6 Å². The second-order valence-electron chi connectivity index (χ2n) is 4.43. The number of carboxylic acid groups (broad SMARTS) is 1. The molecule has 0 aliphatic heterocycles. The maximum Gasteiger partial charge on any atom is 0.309 e. The fraction of sp³-hybridized carbons (Fsp3) is 0.333. The summed E-state index contributed by atoms with van der Waals surface area (Å²) in [6.07, 6.45) is 1.62. The van der Waals surface area contributed by atoms with Gasteiger partial charge in [0, 0.05) is 11.8 Å². The van der Waals surface area contributed by atoms with E-state index in [-0.39, 0.29) is 6.42 Å². The third-order valence-electron chi connectivity index (χ3n) is 2.79. The predicted octanol–water partition coefficient (Wildman–Crippen LogP) is 2.79. The van der Waals surface area contributed by atoms with Crippen LogP contribution >= 0.6 is 11.3 Å². The van der Waals surface area contributed by atoms with Crippen LogP contribution in [0.1, 0.15) is 17.1 Å². The monoisotopic (exact) mass is 307 g/mol. The summed E-state index contributed by atoms with van der Waals surface area (Å²) < 4.78 is 10.7. The smallest absolute Gasteiger partial charge is 0.309 e. The number of nitrogens with zero attached hydrogens (tertiary/aromatic N) is 1. The van der Waals surface area contributed by atoms with Crippen molar-refractivity contribution in [1.82, 2.24) is 4.98 Å². The minimum atomic E-state index is -0.852. The van der Waals surface area contributed by atoms with Gasteiger partial charge >= 0.3 is 5.97 Å². The number of aryl methyl sites for hydroxylation is 1. The Morgan fingerprint density at radius 2 is 2.00 bits per heavy atom. The van der Waals surface area contributed by atoms with Crippen LogP contribution in [-0.4, -0.2) is 29.8 Å². The van der Waals surface area contributed by atoms with Crippen molar-refractivity contribution in [2.45, 2.75) is 19.3 Å². The van der Waals surface area contributed by atoms with Crippen molar-refractivity contribution in [3.63, 3.8) is 0 Å². The van der Waals surface area contributed by atoms with Crippen LogP contribution in [0.3, 0.4) is 0 Å². The molecule has 0 aliphatic carbocycles. The zero-order chi connectivity index (χ0) is 15.1. The summed E-state index contributed by atoms with van der Waals surface area (Å²) in [5.41, 5.74) is 0.624. The van der Waals surface area contributed by atoms with Crippen molar-refractivity contribution in [3.8, 4) is 11.5 Å². The van der Waals surface area contributed by atoms with E-state index in [1.54, 1.807) is 12.5 Å². The van der Waals surface area contributed by atoms with E-state index in [1.807, 2.05) is 24.3 Å². The van der Waals surface area contributed by atoms with E-state index < -0.39 is 5.97 Å².